The molecule has 0 fully saturated rings. The fourth-order valence-electron chi connectivity index (χ4n) is 4.18. The number of anilines is 5. The molecule has 0 heterocycles. The van der Waals surface area contributed by atoms with Crippen molar-refractivity contribution in [3.63, 3.8) is 0 Å². The van der Waals surface area contributed by atoms with Gasteiger partial charge in [-0.3, -0.25) is 4.79 Å². The molecule has 7 nitrogen and oxygen atoms in total. The third-order valence-corrected chi connectivity index (χ3v) is 7.34. The van der Waals surface area contributed by atoms with E-state index in [-0.39, 0.29) is 5.78 Å². The van der Waals surface area contributed by atoms with Gasteiger partial charge in [0, 0.05) is 34.5 Å². The summed E-state index contributed by atoms with van der Waals surface area (Å²) in [5, 5.41) is 6.71. The number of carbonyl (C=O) groups excluding carboxylic acids is 1. The predicted octanol–water partition coefficient (Wildman–Crippen LogP) is 5.93. The van der Waals surface area contributed by atoms with E-state index in [0.717, 1.165) is 56.1 Å². The summed E-state index contributed by atoms with van der Waals surface area (Å²) in [6.45, 7) is 11.9. The molecule has 0 aliphatic heterocycles. The van der Waals surface area contributed by atoms with E-state index in [2.05, 4.69) is 10.6 Å². The van der Waals surface area contributed by atoms with Crippen molar-refractivity contribution in [1.82, 2.24) is 0 Å². The van der Waals surface area contributed by atoms with Gasteiger partial charge in [-0.25, -0.2) is 4.99 Å². The summed E-state index contributed by atoms with van der Waals surface area (Å²) in [6.07, 6.45) is 3.35. The van der Waals surface area contributed by atoms with Gasteiger partial charge >= 0.3 is 0 Å². The van der Waals surface area contributed by atoms with E-state index in [1.807, 2.05) is 77.9 Å². The number of rotatable bonds is 5. The molecule has 0 spiro atoms. The molecule has 0 unspecified atom stereocenters. The average Bonchev–Trinajstić information content (AvgIpc) is 2.87. The number of nitrogens with zero attached hydrogens (tertiary/aromatic N) is 1. The van der Waals surface area contributed by atoms with Crippen LogP contribution in [-0.2, 0) is 4.79 Å². The zero-order chi connectivity index (χ0) is 27.0. The van der Waals surface area contributed by atoms with Crippen LogP contribution in [0.4, 0.5) is 34.1 Å². The maximum absolute atomic E-state index is 13.3. The van der Waals surface area contributed by atoms with Crippen LogP contribution >= 0.6 is 0 Å². The van der Waals surface area contributed by atoms with E-state index in [0.29, 0.717) is 28.5 Å². The minimum atomic E-state index is -0.162. The van der Waals surface area contributed by atoms with Crippen LogP contribution in [0.2, 0.25) is 0 Å². The van der Waals surface area contributed by atoms with Crippen LogP contribution in [0, 0.1) is 41.5 Å². The summed E-state index contributed by atoms with van der Waals surface area (Å²) in [7, 11) is 0. The lowest BCUT2D eigenvalue weighted by Crippen LogP contribution is -2.22. The Balaban J connectivity index is 1.80. The molecule has 0 radical (unpaired) electrons. The number of carbonyl (C=O) groups is 1. The topological polar surface area (TPSA) is 132 Å². The number of aliphatic imine (C=N–C) groups is 1. The first kappa shape index (κ1) is 25.6. The van der Waals surface area contributed by atoms with Gasteiger partial charge in [-0.1, -0.05) is 0 Å². The summed E-state index contributed by atoms with van der Waals surface area (Å²) >= 11 is 0. The molecule has 1 aliphatic rings. The van der Waals surface area contributed by atoms with Crippen molar-refractivity contribution in [3.05, 3.63) is 93.3 Å². The van der Waals surface area contributed by atoms with Crippen molar-refractivity contribution in [2.75, 3.05) is 27.8 Å². The fourth-order valence-corrected chi connectivity index (χ4v) is 4.18. The van der Waals surface area contributed by atoms with Gasteiger partial charge in [-0.05, 0) is 117 Å². The van der Waals surface area contributed by atoms with Gasteiger partial charge in [0.05, 0.1) is 22.8 Å². The largest absolute Gasteiger partial charge is 0.399 e. The molecular formula is C30H34N6O. The van der Waals surface area contributed by atoms with Crippen LogP contribution in [0.25, 0.3) is 0 Å². The zero-order valence-corrected chi connectivity index (χ0v) is 22.2. The Morgan fingerprint density at radius 3 is 1.57 bits per heavy atom. The second kappa shape index (κ2) is 9.85. The Bertz CT molecular complexity index is 1530. The van der Waals surface area contributed by atoms with Gasteiger partial charge < -0.3 is 27.8 Å². The van der Waals surface area contributed by atoms with Crippen molar-refractivity contribution < 1.29 is 4.79 Å². The van der Waals surface area contributed by atoms with Crippen LogP contribution < -0.4 is 27.8 Å². The molecule has 8 N–H and O–H groups in total. The van der Waals surface area contributed by atoms with Gasteiger partial charge in [-0.15, -0.1) is 0 Å². The number of nitrogens with one attached hydrogen (secondary N) is 2. The molecule has 0 amide bonds. The van der Waals surface area contributed by atoms with E-state index in [4.69, 9.17) is 22.2 Å². The summed E-state index contributed by atoms with van der Waals surface area (Å²) in [5.74, 6) is -0.162. The molecular weight excluding hydrogens is 460 g/mol. The number of nitrogen functional groups attached to an aromatic ring is 3. The zero-order valence-electron chi connectivity index (χ0n) is 22.2. The SMILES string of the molecule is Cc1c(N)ccc(N=C2C=C(Nc3ccc(N)c(C)c3C)C(=O)C=C2Nc2ccc(N)c(C)c2C)c1C. The molecule has 190 valence electrons. The summed E-state index contributed by atoms with van der Waals surface area (Å²) in [5.41, 5.74) is 30.4. The molecule has 4 rings (SSSR count). The Morgan fingerprint density at radius 2 is 1.03 bits per heavy atom. The van der Waals surface area contributed by atoms with Gasteiger partial charge in [0.25, 0.3) is 0 Å². The van der Waals surface area contributed by atoms with Crippen LogP contribution in [0.15, 0.2) is 64.9 Å². The molecule has 0 aromatic heterocycles. The van der Waals surface area contributed by atoms with Gasteiger partial charge in [-0.2, -0.15) is 0 Å². The Hall–Kier alpha value is -4.52. The van der Waals surface area contributed by atoms with Crippen LogP contribution in [-0.4, -0.2) is 11.5 Å². The first-order valence-electron chi connectivity index (χ1n) is 12.2. The van der Waals surface area contributed by atoms with Crippen molar-refractivity contribution in [2.45, 2.75) is 41.5 Å². The third-order valence-electron chi connectivity index (χ3n) is 7.34. The van der Waals surface area contributed by atoms with Crippen LogP contribution in [0.3, 0.4) is 0 Å². The van der Waals surface area contributed by atoms with Crippen molar-refractivity contribution in [3.8, 4) is 0 Å². The first-order valence-corrected chi connectivity index (χ1v) is 12.2. The molecule has 0 atom stereocenters. The highest BCUT2D eigenvalue weighted by molar-refractivity contribution is 6.24. The van der Waals surface area contributed by atoms with Gasteiger partial charge in [0.2, 0.25) is 5.78 Å². The van der Waals surface area contributed by atoms with E-state index in [1.165, 1.54) is 0 Å². The Kier molecular flexibility index (Phi) is 6.81. The highest BCUT2D eigenvalue weighted by Gasteiger charge is 2.22. The monoisotopic (exact) mass is 494 g/mol. The number of hydrogen-bond acceptors (Lipinski definition) is 7. The number of nitrogens with two attached hydrogens (primary N) is 3. The number of hydrogen-bond donors (Lipinski definition) is 5. The van der Waals surface area contributed by atoms with Gasteiger partial charge in [0.1, 0.15) is 0 Å². The van der Waals surface area contributed by atoms with Crippen molar-refractivity contribution in [1.29, 1.82) is 0 Å². The van der Waals surface area contributed by atoms with Crippen molar-refractivity contribution >= 4 is 45.6 Å². The molecule has 3 aromatic rings. The molecule has 37 heavy (non-hydrogen) atoms. The quantitative estimate of drug-likeness (QED) is 0.221. The average molecular weight is 495 g/mol. The summed E-state index contributed by atoms with van der Waals surface area (Å²) in [6, 6.07) is 11.2. The Morgan fingerprint density at radius 1 is 0.568 bits per heavy atom. The lowest BCUT2D eigenvalue weighted by atomic mass is 10.0. The standard InChI is InChI=1S/C30H34N6O/c1-15-18(4)24(10-7-21(15)31)34-27-13-29(36-26-12-9-23(33)17(3)20(26)6)30(37)14-28(27)35-25-11-8-22(32)16(2)19(25)5/h7-14,35-36H,31-33H2,1-6H3. The summed E-state index contributed by atoms with van der Waals surface area (Å²) < 4.78 is 0. The highest BCUT2D eigenvalue weighted by atomic mass is 16.1. The van der Waals surface area contributed by atoms with Gasteiger partial charge in [0.15, 0.2) is 0 Å². The molecule has 7 heteroatoms. The predicted molar refractivity (Wildman–Crippen MR) is 156 cm³/mol. The number of ketones is 1. The van der Waals surface area contributed by atoms with E-state index in [9.17, 15) is 4.79 Å². The minimum Gasteiger partial charge on any atom is -0.399 e. The van der Waals surface area contributed by atoms with E-state index < -0.39 is 0 Å². The van der Waals surface area contributed by atoms with E-state index in [1.54, 1.807) is 12.2 Å². The highest BCUT2D eigenvalue weighted by Crippen LogP contribution is 2.31. The summed E-state index contributed by atoms with van der Waals surface area (Å²) in [4.78, 5) is 18.2. The molecule has 1 aliphatic carbocycles. The molecule has 0 saturated heterocycles. The molecule has 0 saturated carbocycles. The second-order valence-electron chi connectivity index (χ2n) is 9.56. The smallest absolute Gasteiger partial charge is 0.204 e. The van der Waals surface area contributed by atoms with Crippen LogP contribution in [0.1, 0.15) is 33.4 Å². The number of benzene rings is 3. The second-order valence-corrected chi connectivity index (χ2v) is 9.56. The molecule has 0 bridgehead atoms. The van der Waals surface area contributed by atoms with Crippen LogP contribution in [0.5, 0.6) is 0 Å². The maximum atomic E-state index is 13.3. The Labute approximate surface area is 218 Å². The van der Waals surface area contributed by atoms with Crippen molar-refractivity contribution in [2.24, 2.45) is 4.99 Å². The molecule has 3 aromatic carbocycles. The normalized spacial score (nSPS) is 14.4. The van der Waals surface area contributed by atoms with E-state index >= 15 is 0 Å². The lowest BCUT2D eigenvalue weighted by Gasteiger charge is -2.21. The lowest BCUT2D eigenvalue weighted by molar-refractivity contribution is -0.111. The third kappa shape index (κ3) is 4.93. The minimum absolute atomic E-state index is 0.162. The fraction of sp³-hybridized carbons (Fsp3) is 0.200. The maximum Gasteiger partial charge on any atom is 0.204 e. The first-order chi connectivity index (χ1) is 17.5. The number of allylic oxidation sites excluding steroid dienone is 2.